The van der Waals surface area contributed by atoms with Gasteiger partial charge in [0.15, 0.2) is 0 Å². The molecule has 0 bridgehead atoms. The molecule has 2 heterocycles. The number of aromatic nitrogens is 4. The molecule has 0 spiro atoms. The quantitative estimate of drug-likeness (QED) is 0.184. The van der Waals surface area contributed by atoms with Crippen LogP contribution < -0.4 is 4.90 Å². The van der Waals surface area contributed by atoms with E-state index < -0.39 is 65.5 Å². The van der Waals surface area contributed by atoms with Crippen molar-refractivity contribution in [1.82, 2.24) is 25.1 Å². The second-order valence-electron chi connectivity index (χ2n) is 11.8. The number of tetrazole rings is 1. The number of anilines is 1. The van der Waals surface area contributed by atoms with Crippen LogP contribution in [0.5, 0.6) is 0 Å². The van der Waals surface area contributed by atoms with Crippen LogP contribution in [0.1, 0.15) is 64.8 Å². The van der Waals surface area contributed by atoms with Gasteiger partial charge in [0.05, 0.1) is 23.7 Å². The molecule has 1 saturated heterocycles. The smallest absolute Gasteiger partial charge is 0.384 e. The number of β-amino-alcohol motifs (C(OH)–C–C–N with tert-alkyl or cyclic N) is 1. The molecule has 0 aliphatic carbocycles. The maximum Gasteiger partial charge on any atom is 0.416 e. The molecule has 1 N–H and O–H groups in total. The van der Waals surface area contributed by atoms with Crippen molar-refractivity contribution in [2.45, 2.75) is 63.0 Å². The lowest BCUT2D eigenvalue weighted by molar-refractivity contribution is -0.143. The van der Waals surface area contributed by atoms with Crippen LogP contribution in [0.15, 0.2) is 66.7 Å². The molecular formula is C32H31F9N6O. The van der Waals surface area contributed by atoms with Crippen molar-refractivity contribution >= 4 is 5.95 Å². The summed E-state index contributed by atoms with van der Waals surface area (Å²) in [5.41, 5.74) is -4.47. The van der Waals surface area contributed by atoms with Crippen molar-refractivity contribution in [2.75, 3.05) is 18.0 Å². The third-order valence-corrected chi connectivity index (χ3v) is 8.41. The Bertz CT molecular complexity index is 1690. The van der Waals surface area contributed by atoms with Crippen LogP contribution in [0.4, 0.5) is 45.5 Å². The number of aliphatic hydroxyl groups is 1. The number of hydrogen-bond donors (Lipinski definition) is 1. The van der Waals surface area contributed by atoms with Crippen molar-refractivity contribution in [3.63, 3.8) is 0 Å². The molecule has 7 nitrogen and oxygen atoms in total. The van der Waals surface area contributed by atoms with Crippen LogP contribution in [-0.2, 0) is 44.3 Å². The molecule has 16 heteroatoms. The SMILES string of the molecule is CCC(c1ccc(C(F)(F)F)cc1CN(Cc1cc(C(F)(F)F)cc(C(F)(F)F)c1)c1nnn(C)n1)N1CCC(O)(c2ccccc2)C1. The minimum atomic E-state index is -5.11. The lowest BCUT2D eigenvalue weighted by atomic mass is 9.92. The van der Waals surface area contributed by atoms with Crippen LogP contribution in [0.3, 0.4) is 0 Å². The number of likely N-dealkylation sites (tertiary alicyclic amines) is 1. The van der Waals surface area contributed by atoms with Gasteiger partial charge in [-0.15, -0.1) is 5.10 Å². The number of halogens is 9. The molecule has 3 aromatic carbocycles. The Labute approximate surface area is 269 Å². The summed E-state index contributed by atoms with van der Waals surface area (Å²) in [7, 11) is 1.38. The highest BCUT2D eigenvalue weighted by Gasteiger charge is 2.41. The Morgan fingerprint density at radius 2 is 1.46 bits per heavy atom. The van der Waals surface area contributed by atoms with Gasteiger partial charge in [-0.3, -0.25) is 4.90 Å². The van der Waals surface area contributed by atoms with Gasteiger partial charge in [0, 0.05) is 32.2 Å². The normalized spacial score (nSPS) is 18.3. The first-order valence-electron chi connectivity index (χ1n) is 14.9. The van der Waals surface area contributed by atoms with E-state index in [0.717, 1.165) is 16.9 Å². The van der Waals surface area contributed by atoms with E-state index in [-0.39, 0.29) is 24.1 Å². The molecule has 0 radical (unpaired) electrons. The van der Waals surface area contributed by atoms with Crippen LogP contribution in [-0.4, -0.2) is 43.3 Å². The first-order valence-corrected chi connectivity index (χ1v) is 14.9. The molecule has 2 unspecified atom stereocenters. The number of rotatable bonds is 9. The Morgan fingerprint density at radius 3 is 2.00 bits per heavy atom. The Morgan fingerprint density at radius 1 is 0.833 bits per heavy atom. The van der Waals surface area contributed by atoms with Gasteiger partial charge >= 0.3 is 18.5 Å². The number of alkyl halides is 9. The van der Waals surface area contributed by atoms with E-state index in [4.69, 9.17) is 0 Å². The zero-order valence-electron chi connectivity index (χ0n) is 25.7. The van der Waals surface area contributed by atoms with Gasteiger partial charge in [-0.05, 0) is 70.6 Å². The van der Waals surface area contributed by atoms with Gasteiger partial charge in [-0.2, -0.15) is 44.3 Å². The largest absolute Gasteiger partial charge is 0.416 e. The summed E-state index contributed by atoms with van der Waals surface area (Å²) in [6.45, 7) is 1.37. The number of hydrogen-bond acceptors (Lipinski definition) is 6. The monoisotopic (exact) mass is 686 g/mol. The van der Waals surface area contributed by atoms with Gasteiger partial charge in [0.25, 0.3) is 5.95 Å². The predicted molar refractivity (Wildman–Crippen MR) is 156 cm³/mol. The summed E-state index contributed by atoms with van der Waals surface area (Å²) in [5.74, 6) is -0.223. The zero-order valence-corrected chi connectivity index (χ0v) is 25.7. The van der Waals surface area contributed by atoms with Crippen molar-refractivity contribution < 1.29 is 44.6 Å². The van der Waals surface area contributed by atoms with Crippen molar-refractivity contribution in [3.05, 3.63) is 106 Å². The second-order valence-corrected chi connectivity index (χ2v) is 11.8. The molecule has 1 fully saturated rings. The van der Waals surface area contributed by atoms with Crippen LogP contribution in [0.25, 0.3) is 0 Å². The molecule has 48 heavy (non-hydrogen) atoms. The van der Waals surface area contributed by atoms with Crippen molar-refractivity contribution in [2.24, 2.45) is 7.05 Å². The van der Waals surface area contributed by atoms with E-state index in [1.807, 2.05) is 17.9 Å². The molecule has 5 rings (SSSR count). The van der Waals surface area contributed by atoms with E-state index in [9.17, 15) is 44.6 Å². The van der Waals surface area contributed by atoms with E-state index >= 15 is 0 Å². The van der Waals surface area contributed by atoms with Gasteiger partial charge in [-0.25, -0.2) is 0 Å². The molecule has 1 aliphatic rings. The Kier molecular flexibility index (Phi) is 9.54. The van der Waals surface area contributed by atoms with Crippen LogP contribution in [0.2, 0.25) is 0 Å². The van der Waals surface area contributed by atoms with Crippen molar-refractivity contribution in [3.8, 4) is 0 Å². The minimum absolute atomic E-state index is 0.00213. The minimum Gasteiger partial charge on any atom is -0.384 e. The number of benzene rings is 3. The van der Waals surface area contributed by atoms with E-state index in [1.165, 1.54) is 18.0 Å². The Balaban J connectivity index is 1.56. The van der Waals surface area contributed by atoms with E-state index in [0.29, 0.717) is 42.6 Å². The molecule has 0 amide bonds. The topological polar surface area (TPSA) is 70.3 Å². The Hall–Kier alpha value is -4.18. The number of aryl methyl sites for hydroxylation is 1. The first kappa shape index (κ1) is 35.1. The first-order chi connectivity index (χ1) is 22.4. The molecular weight excluding hydrogens is 655 g/mol. The second kappa shape index (κ2) is 13.0. The van der Waals surface area contributed by atoms with Gasteiger partial charge in [0.1, 0.15) is 5.60 Å². The van der Waals surface area contributed by atoms with Gasteiger partial charge < -0.3 is 10.0 Å². The summed E-state index contributed by atoms with van der Waals surface area (Å²) in [5, 5.41) is 23.1. The fourth-order valence-corrected chi connectivity index (χ4v) is 6.13. The summed E-state index contributed by atoms with van der Waals surface area (Å²) in [6, 6.07) is 12.7. The number of nitrogens with zero attached hydrogens (tertiary/aromatic N) is 6. The molecule has 2 atom stereocenters. The fraction of sp³-hybridized carbons (Fsp3) is 0.406. The fourth-order valence-electron chi connectivity index (χ4n) is 6.13. The van der Waals surface area contributed by atoms with Gasteiger partial charge in [-0.1, -0.05) is 48.4 Å². The standard InChI is InChI=1S/C32H31F9N6O/c1-3-27(46-12-11-29(48,19-46)22-7-5-4-6-8-22)26-10-9-23(30(33,34)35)15-21(26)18-47(28-42-44-45(2)43-28)17-20-13-24(31(36,37)38)16-25(14-20)32(39,40)41/h4-10,13-16,27,48H,3,11-12,17-19H2,1-2H3. The molecule has 0 saturated carbocycles. The molecule has 4 aromatic rings. The summed E-state index contributed by atoms with van der Waals surface area (Å²) in [4.78, 5) is 4.14. The third kappa shape index (κ3) is 7.75. The zero-order chi connectivity index (χ0) is 35.1. The molecule has 1 aromatic heterocycles. The summed E-state index contributed by atoms with van der Waals surface area (Å²) >= 11 is 0. The lowest BCUT2D eigenvalue weighted by Gasteiger charge is -2.32. The highest BCUT2D eigenvalue weighted by Crippen LogP contribution is 2.41. The average molecular weight is 687 g/mol. The maximum absolute atomic E-state index is 14.0. The van der Waals surface area contributed by atoms with E-state index in [1.54, 1.807) is 24.3 Å². The molecule has 258 valence electrons. The van der Waals surface area contributed by atoms with Crippen LogP contribution >= 0.6 is 0 Å². The highest BCUT2D eigenvalue weighted by molar-refractivity contribution is 5.42. The van der Waals surface area contributed by atoms with Crippen molar-refractivity contribution in [1.29, 1.82) is 0 Å². The average Bonchev–Trinajstić information content (AvgIpc) is 3.63. The summed E-state index contributed by atoms with van der Waals surface area (Å²) in [6.07, 6.45) is -14.2. The highest BCUT2D eigenvalue weighted by atomic mass is 19.4. The predicted octanol–water partition coefficient (Wildman–Crippen LogP) is 7.52. The lowest BCUT2D eigenvalue weighted by Crippen LogP contribution is -2.34. The third-order valence-electron chi connectivity index (χ3n) is 8.41. The van der Waals surface area contributed by atoms with Crippen LogP contribution in [0, 0.1) is 0 Å². The summed E-state index contributed by atoms with van der Waals surface area (Å²) < 4.78 is 124. The maximum atomic E-state index is 14.0. The molecule has 1 aliphatic heterocycles. The van der Waals surface area contributed by atoms with E-state index in [2.05, 4.69) is 15.4 Å². The van der Waals surface area contributed by atoms with Gasteiger partial charge in [0.2, 0.25) is 0 Å².